The molecule has 6 nitrogen and oxygen atoms in total. The maximum atomic E-state index is 12.3. The Hall–Kier alpha value is -3.02. The first-order chi connectivity index (χ1) is 13.9. The van der Waals surface area contributed by atoms with Crippen LogP contribution in [0.5, 0.6) is 17.2 Å². The molecule has 2 rings (SSSR count). The molecule has 0 saturated carbocycles. The zero-order chi connectivity index (χ0) is 21.4. The summed E-state index contributed by atoms with van der Waals surface area (Å²) < 4.78 is 21.0. The number of hydrogen-bond donors (Lipinski definition) is 0. The summed E-state index contributed by atoms with van der Waals surface area (Å²) in [5, 5.41) is 0. The first kappa shape index (κ1) is 22.3. The Morgan fingerprint density at radius 1 is 0.931 bits per heavy atom. The molecule has 29 heavy (non-hydrogen) atoms. The van der Waals surface area contributed by atoms with Crippen molar-refractivity contribution in [2.24, 2.45) is 0 Å². The van der Waals surface area contributed by atoms with Gasteiger partial charge in [0.2, 0.25) is 5.75 Å². The summed E-state index contributed by atoms with van der Waals surface area (Å²) in [6.07, 6.45) is 1.02. The van der Waals surface area contributed by atoms with Gasteiger partial charge in [-0.05, 0) is 35.6 Å². The highest BCUT2D eigenvalue weighted by molar-refractivity contribution is 5.98. The largest absolute Gasteiger partial charge is 0.493 e. The quantitative estimate of drug-likeness (QED) is 0.440. The number of methoxy groups -OCH3 is 3. The van der Waals surface area contributed by atoms with Gasteiger partial charge in [-0.15, -0.1) is 0 Å². The molecule has 0 fully saturated rings. The molecule has 2 aromatic rings. The molecule has 0 aromatic heterocycles. The van der Waals surface area contributed by atoms with Crippen LogP contribution in [0.3, 0.4) is 0 Å². The molecule has 0 bridgehead atoms. The minimum absolute atomic E-state index is 0.0169. The standard InChI is InChI=1S/C23H28O6/c1-6-15(2)17-7-9-18(10-8-17)19(24)14-29-22(25)13-16-11-20(26-3)23(28-5)21(12-16)27-4/h7-12,15H,6,13-14H2,1-5H3/t15-/m1/s1. The van der Waals surface area contributed by atoms with Crippen molar-refractivity contribution in [2.45, 2.75) is 32.6 Å². The Bertz CT molecular complexity index is 816. The summed E-state index contributed by atoms with van der Waals surface area (Å²) in [5.41, 5.74) is 2.34. The molecule has 0 radical (unpaired) electrons. The molecule has 0 unspecified atom stereocenters. The smallest absolute Gasteiger partial charge is 0.310 e. The van der Waals surface area contributed by atoms with Crippen molar-refractivity contribution in [3.05, 3.63) is 53.1 Å². The number of benzene rings is 2. The van der Waals surface area contributed by atoms with Gasteiger partial charge in [0.05, 0.1) is 27.8 Å². The first-order valence-electron chi connectivity index (χ1n) is 9.51. The lowest BCUT2D eigenvalue weighted by Gasteiger charge is -2.14. The van der Waals surface area contributed by atoms with Gasteiger partial charge in [0, 0.05) is 5.56 Å². The lowest BCUT2D eigenvalue weighted by Crippen LogP contribution is -2.16. The summed E-state index contributed by atoms with van der Waals surface area (Å²) in [7, 11) is 4.52. The maximum absolute atomic E-state index is 12.3. The zero-order valence-corrected chi connectivity index (χ0v) is 17.6. The maximum Gasteiger partial charge on any atom is 0.310 e. The van der Waals surface area contributed by atoms with Crippen molar-refractivity contribution in [1.82, 2.24) is 0 Å². The van der Waals surface area contributed by atoms with Crippen LogP contribution in [0.1, 0.15) is 47.7 Å². The molecule has 0 aliphatic rings. The number of hydrogen-bond acceptors (Lipinski definition) is 6. The van der Waals surface area contributed by atoms with E-state index in [0.717, 1.165) is 6.42 Å². The number of carbonyl (C=O) groups is 2. The number of Topliss-reactive ketones (excluding diaryl/α,β-unsaturated/α-hetero) is 1. The lowest BCUT2D eigenvalue weighted by atomic mass is 9.97. The van der Waals surface area contributed by atoms with Crippen LogP contribution in [0.4, 0.5) is 0 Å². The molecule has 156 valence electrons. The Morgan fingerprint density at radius 2 is 1.52 bits per heavy atom. The van der Waals surface area contributed by atoms with Gasteiger partial charge < -0.3 is 18.9 Å². The van der Waals surface area contributed by atoms with Crippen molar-refractivity contribution in [3.63, 3.8) is 0 Å². The van der Waals surface area contributed by atoms with E-state index in [-0.39, 0.29) is 18.8 Å². The Balaban J connectivity index is 1.98. The summed E-state index contributed by atoms with van der Waals surface area (Å²) in [5.74, 6) is 1.04. The number of rotatable bonds is 10. The highest BCUT2D eigenvalue weighted by Gasteiger charge is 2.16. The van der Waals surface area contributed by atoms with Crippen molar-refractivity contribution in [1.29, 1.82) is 0 Å². The van der Waals surface area contributed by atoms with Gasteiger partial charge in [0.1, 0.15) is 0 Å². The molecule has 0 saturated heterocycles. The van der Waals surface area contributed by atoms with E-state index >= 15 is 0 Å². The van der Waals surface area contributed by atoms with Crippen LogP contribution < -0.4 is 14.2 Å². The second-order valence-corrected chi connectivity index (χ2v) is 6.73. The molecule has 0 spiro atoms. The predicted molar refractivity (Wildman–Crippen MR) is 110 cm³/mol. The SMILES string of the molecule is CC[C@@H](C)c1ccc(C(=O)COC(=O)Cc2cc(OC)c(OC)c(OC)c2)cc1. The first-order valence-corrected chi connectivity index (χ1v) is 9.51. The van der Waals surface area contributed by atoms with E-state index in [4.69, 9.17) is 18.9 Å². The van der Waals surface area contributed by atoms with Gasteiger partial charge in [-0.25, -0.2) is 0 Å². The highest BCUT2D eigenvalue weighted by Crippen LogP contribution is 2.38. The monoisotopic (exact) mass is 400 g/mol. The van der Waals surface area contributed by atoms with Crippen LogP contribution in [-0.2, 0) is 16.0 Å². The summed E-state index contributed by atoms with van der Waals surface area (Å²) in [4.78, 5) is 24.5. The fourth-order valence-electron chi connectivity index (χ4n) is 2.92. The topological polar surface area (TPSA) is 71.1 Å². The summed E-state index contributed by atoms with van der Waals surface area (Å²) >= 11 is 0. The second-order valence-electron chi connectivity index (χ2n) is 6.73. The third-order valence-corrected chi connectivity index (χ3v) is 4.85. The molecule has 0 amide bonds. The molecule has 0 aliphatic heterocycles. The number of carbonyl (C=O) groups excluding carboxylic acids is 2. The van der Waals surface area contributed by atoms with Gasteiger partial charge in [0.25, 0.3) is 0 Å². The van der Waals surface area contributed by atoms with Crippen LogP contribution in [0.2, 0.25) is 0 Å². The average molecular weight is 400 g/mol. The molecule has 0 heterocycles. The molecule has 6 heteroatoms. The molecule has 1 atom stereocenters. The van der Waals surface area contributed by atoms with E-state index in [0.29, 0.717) is 34.3 Å². The summed E-state index contributed by atoms with van der Waals surface area (Å²) in [6, 6.07) is 10.8. The fourth-order valence-corrected chi connectivity index (χ4v) is 2.92. The fraction of sp³-hybridized carbons (Fsp3) is 0.391. The predicted octanol–water partition coefficient (Wildman–Crippen LogP) is 4.19. The average Bonchev–Trinajstić information content (AvgIpc) is 2.76. The Morgan fingerprint density at radius 3 is 2.00 bits per heavy atom. The minimum Gasteiger partial charge on any atom is -0.493 e. The van der Waals surface area contributed by atoms with E-state index in [1.807, 2.05) is 12.1 Å². The number of ether oxygens (including phenoxy) is 4. The molecule has 2 aromatic carbocycles. The zero-order valence-electron chi connectivity index (χ0n) is 17.6. The van der Waals surface area contributed by atoms with Crippen molar-refractivity contribution in [3.8, 4) is 17.2 Å². The van der Waals surface area contributed by atoms with E-state index in [2.05, 4.69) is 13.8 Å². The Kier molecular flexibility index (Phi) is 8.07. The van der Waals surface area contributed by atoms with Crippen LogP contribution in [-0.4, -0.2) is 39.7 Å². The molecule has 0 N–H and O–H groups in total. The molecular weight excluding hydrogens is 372 g/mol. The third-order valence-electron chi connectivity index (χ3n) is 4.85. The second kappa shape index (κ2) is 10.5. The van der Waals surface area contributed by atoms with E-state index < -0.39 is 5.97 Å². The van der Waals surface area contributed by atoms with Crippen molar-refractivity contribution < 1.29 is 28.5 Å². The number of ketones is 1. The van der Waals surface area contributed by atoms with E-state index in [1.165, 1.54) is 26.9 Å². The van der Waals surface area contributed by atoms with Gasteiger partial charge in [-0.1, -0.05) is 38.1 Å². The normalized spacial score (nSPS) is 11.5. The lowest BCUT2D eigenvalue weighted by molar-refractivity contribution is -0.141. The van der Waals surface area contributed by atoms with Crippen LogP contribution >= 0.6 is 0 Å². The van der Waals surface area contributed by atoms with Gasteiger partial charge in [-0.2, -0.15) is 0 Å². The van der Waals surface area contributed by atoms with Crippen molar-refractivity contribution in [2.75, 3.05) is 27.9 Å². The van der Waals surface area contributed by atoms with Crippen LogP contribution in [0.15, 0.2) is 36.4 Å². The molecule has 0 aliphatic carbocycles. The van der Waals surface area contributed by atoms with Crippen LogP contribution in [0, 0.1) is 0 Å². The van der Waals surface area contributed by atoms with E-state index in [1.54, 1.807) is 24.3 Å². The minimum atomic E-state index is -0.510. The highest BCUT2D eigenvalue weighted by atomic mass is 16.5. The van der Waals surface area contributed by atoms with Gasteiger partial charge in [0.15, 0.2) is 23.9 Å². The van der Waals surface area contributed by atoms with Gasteiger partial charge in [-0.3, -0.25) is 9.59 Å². The van der Waals surface area contributed by atoms with Gasteiger partial charge >= 0.3 is 5.97 Å². The summed E-state index contributed by atoms with van der Waals surface area (Å²) in [6.45, 7) is 3.96. The Labute approximate surface area is 171 Å². The van der Waals surface area contributed by atoms with Crippen LogP contribution in [0.25, 0.3) is 0 Å². The third kappa shape index (κ3) is 5.73. The van der Waals surface area contributed by atoms with E-state index in [9.17, 15) is 9.59 Å². The number of esters is 1. The van der Waals surface area contributed by atoms with Crippen molar-refractivity contribution >= 4 is 11.8 Å². The molecular formula is C23H28O6.